The number of aromatic carboxylic acids is 1. The maximum absolute atomic E-state index is 12.8. The average molecular weight is 413 g/mol. The molecule has 1 atom stereocenters. The van der Waals surface area contributed by atoms with E-state index in [9.17, 15) is 14.7 Å². The summed E-state index contributed by atoms with van der Waals surface area (Å²) >= 11 is 1.43. The first kappa shape index (κ1) is 19.5. The van der Waals surface area contributed by atoms with E-state index in [-0.39, 0.29) is 17.0 Å². The number of benzene rings is 1. The minimum absolute atomic E-state index is 0.0238. The van der Waals surface area contributed by atoms with Gasteiger partial charge in [0.15, 0.2) is 11.5 Å². The Morgan fingerprint density at radius 1 is 1.24 bits per heavy atom. The fourth-order valence-electron chi connectivity index (χ4n) is 3.98. The zero-order valence-corrected chi connectivity index (χ0v) is 17.3. The number of hydrogen-bond acceptors (Lipinski definition) is 6. The van der Waals surface area contributed by atoms with Crippen LogP contribution in [0.3, 0.4) is 0 Å². The number of carboxylic acids is 1. The smallest absolute Gasteiger partial charge is 0.337 e. The standard InChI is InChI=1S/C22H24N2O4S/c1-13(23-16-9-5-4-8-15(16)22(26)27)19-14(2)29-21-17(25)12-18(28-20(19)21)24-10-6-3-7-11-24/h4-5,8-9,12-13,23H,3,6-7,10-11H2,1-2H3,(H,26,27). The van der Waals surface area contributed by atoms with Crippen LogP contribution in [0.2, 0.25) is 0 Å². The van der Waals surface area contributed by atoms with Crippen molar-refractivity contribution in [2.24, 2.45) is 0 Å². The van der Waals surface area contributed by atoms with Crippen molar-refractivity contribution in [1.29, 1.82) is 0 Å². The molecule has 3 heterocycles. The Balaban J connectivity index is 1.75. The van der Waals surface area contributed by atoms with Gasteiger partial charge in [-0.2, -0.15) is 0 Å². The molecule has 0 saturated carbocycles. The predicted molar refractivity (Wildman–Crippen MR) is 117 cm³/mol. The number of carbonyl (C=O) groups is 1. The Morgan fingerprint density at radius 2 is 1.97 bits per heavy atom. The van der Waals surface area contributed by atoms with Crippen molar-refractivity contribution in [3.8, 4) is 0 Å². The molecule has 1 aliphatic rings. The normalized spacial score (nSPS) is 15.4. The third-order valence-electron chi connectivity index (χ3n) is 5.40. The summed E-state index contributed by atoms with van der Waals surface area (Å²) in [4.78, 5) is 27.4. The molecule has 1 aliphatic heterocycles. The van der Waals surface area contributed by atoms with E-state index in [2.05, 4.69) is 10.2 Å². The highest BCUT2D eigenvalue weighted by Gasteiger charge is 2.23. The molecule has 152 valence electrons. The maximum atomic E-state index is 12.8. The summed E-state index contributed by atoms with van der Waals surface area (Å²) in [6.45, 7) is 5.72. The van der Waals surface area contributed by atoms with E-state index in [1.54, 1.807) is 30.3 Å². The summed E-state index contributed by atoms with van der Waals surface area (Å²) in [7, 11) is 0. The lowest BCUT2D eigenvalue weighted by Crippen LogP contribution is -2.30. The van der Waals surface area contributed by atoms with E-state index in [1.165, 1.54) is 17.8 Å². The van der Waals surface area contributed by atoms with Gasteiger partial charge >= 0.3 is 5.97 Å². The highest BCUT2D eigenvalue weighted by atomic mass is 32.1. The van der Waals surface area contributed by atoms with Gasteiger partial charge in [0.25, 0.3) is 0 Å². The summed E-state index contributed by atoms with van der Waals surface area (Å²) in [5, 5.41) is 12.7. The topological polar surface area (TPSA) is 82.8 Å². The van der Waals surface area contributed by atoms with Crippen LogP contribution in [-0.4, -0.2) is 24.2 Å². The van der Waals surface area contributed by atoms with E-state index >= 15 is 0 Å². The zero-order valence-electron chi connectivity index (χ0n) is 16.5. The van der Waals surface area contributed by atoms with Crippen LogP contribution >= 0.6 is 11.3 Å². The quantitative estimate of drug-likeness (QED) is 0.612. The van der Waals surface area contributed by atoms with Crippen LogP contribution in [0.25, 0.3) is 10.3 Å². The van der Waals surface area contributed by atoms with Crippen LogP contribution < -0.4 is 15.6 Å². The number of nitrogens with zero attached hydrogens (tertiary/aromatic N) is 1. The summed E-state index contributed by atoms with van der Waals surface area (Å²) in [5.74, 6) is -0.356. The fourth-order valence-corrected chi connectivity index (χ4v) is 5.07. The second-order valence-corrected chi connectivity index (χ2v) is 8.67. The molecule has 6 nitrogen and oxygen atoms in total. The summed E-state index contributed by atoms with van der Waals surface area (Å²) in [5.41, 5.74) is 2.24. The van der Waals surface area contributed by atoms with Gasteiger partial charge < -0.3 is 19.7 Å². The largest absolute Gasteiger partial charge is 0.478 e. The molecule has 7 heteroatoms. The molecule has 3 aromatic rings. The maximum Gasteiger partial charge on any atom is 0.337 e. The van der Waals surface area contributed by atoms with Crippen LogP contribution in [0, 0.1) is 6.92 Å². The van der Waals surface area contributed by atoms with Crippen molar-refractivity contribution in [2.75, 3.05) is 23.3 Å². The third-order valence-corrected chi connectivity index (χ3v) is 6.52. The third kappa shape index (κ3) is 3.74. The molecular formula is C22H24N2O4S. The summed E-state index contributed by atoms with van der Waals surface area (Å²) in [6, 6.07) is 8.21. The van der Waals surface area contributed by atoms with Crippen LogP contribution in [0.1, 0.15) is 53.0 Å². The van der Waals surface area contributed by atoms with Crippen LogP contribution in [0.4, 0.5) is 11.6 Å². The number of piperidine rings is 1. The molecule has 4 rings (SSSR count). The highest BCUT2D eigenvalue weighted by molar-refractivity contribution is 7.19. The van der Waals surface area contributed by atoms with Crippen LogP contribution in [0.5, 0.6) is 0 Å². The number of thiophene rings is 1. The van der Waals surface area contributed by atoms with E-state index in [1.807, 2.05) is 13.8 Å². The van der Waals surface area contributed by atoms with Crippen molar-refractivity contribution in [3.63, 3.8) is 0 Å². The van der Waals surface area contributed by atoms with Crippen LogP contribution in [0.15, 0.2) is 39.5 Å². The van der Waals surface area contributed by atoms with Crippen molar-refractivity contribution >= 4 is 39.2 Å². The van der Waals surface area contributed by atoms with Crippen molar-refractivity contribution < 1.29 is 14.3 Å². The van der Waals surface area contributed by atoms with Crippen molar-refractivity contribution in [3.05, 3.63) is 56.6 Å². The monoisotopic (exact) mass is 412 g/mol. The summed E-state index contributed by atoms with van der Waals surface area (Å²) in [6.07, 6.45) is 3.40. The average Bonchev–Trinajstić information content (AvgIpc) is 3.05. The molecule has 0 amide bonds. The summed E-state index contributed by atoms with van der Waals surface area (Å²) < 4.78 is 6.86. The Morgan fingerprint density at radius 3 is 2.69 bits per heavy atom. The Bertz CT molecular complexity index is 1110. The minimum Gasteiger partial charge on any atom is -0.478 e. The Hall–Kier alpha value is -2.80. The highest BCUT2D eigenvalue weighted by Crippen LogP contribution is 2.37. The van der Waals surface area contributed by atoms with E-state index < -0.39 is 5.97 Å². The number of fused-ring (bicyclic) bond motifs is 1. The molecule has 1 saturated heterocycles. The van der Waals surface area contributed by atoms with Gasteiger partial charge in [0, 0.05) is 35.3 Å². The van der Waals surface area contributed by atoms with Gasteiger partial charge in [-0.15, -0.1) is 11.3 Å². The first-order chi connectivity index (χ1) is 14.0. The second-order valence-electron chi connectivity index (χ2n) is 7.44. The van der Waals surface area contributed by atoms with Gasteiger partial charge in [0.1, 0.15) is 4.70 Å². The van der Waals surface area contributed by atoms with Crippen molar-refractivity contribution in [1.82, 2.24) is 0 Å². The van der Waals surface area contributed by atoms with E-state index in [0.29, 0.717) is 21.9 Å². The Labute approximate surface area is 172 Å². The minimum atomic E-state index is -0.980. The molecule has 1 fully saturated rings. The number of nitrogens with one attached hydrogen (secondary N) is 1. The molecule has 1 aromatic carbocycles. The molecule has 0 spiro atoms. The number of anilines is 2. The van der Waals surface area contributed by atoms with Gasteiger partial charge in [0.2, 0.25) is 5.43 Å². The molecule has 0 aliphatic carbocycles. The molecule has 0 bridgehead atoms. The lowest BCUT2D eigenvalue weighted by atomic mass is 10.1. The number of para-hydroxylation sites is 1. The van der Waals surface area contributed by atoms with Crippen LogP contribution in [-0.2, 0) is 0 Å². The van der Waals surface area contributed by atoms with Crippen molar-refractivity contribution in [2.45, 2.75) is 39.2 Å². The van der Waals surface area contributed by atoms with E-state index in [0.717, 1.165) is 36.4 Å². The first-order valence-corrected chi connectivity index (χ1v) is 10.7. The second kappa shape index (κ2) is 7.91. The number of carboxylic acid groups (broad SMARTS) is 1. The van der Waals surface area contributed by atoms with Gasteiger partial charge in [0.05, 0.1) is 11.6 Å². The SMILES string of the molecule is Cc1sc2c(=O)cc(N3CCCCC3)oc2c1C(C)Nc1ccccc1C(=O)O. The number of rotatable bonds is 5. The molecule has 2 aromatic heterocycles. The zero-order chi connectivity index (χ0) is 20.5. The molecule has 2 N–H and O–H groups in total. The van der Waals surface area contributed by atoms with E-state index in [4.69, 9.17) is 4.42 Å². The Kier molecular flexibility index (Phi) is 5.32. The van der Waals surface area contributed by atoms with Gasteiger partial charge in [-0.3, -0.25) is 4.79 Å². The lowest BCUT2D eigenvalue weighted by Gasteiger charge is -2.27. The molecule has 0 radical (unpaired) electrons. The number of aryl methyl sites for hydroxylation is 1. The van der Waals surface area contributed by atoms with Gasteiger partial charge in [-0.1, -0.05) is 12.1 Å². The van der Waals surface area contributed by atoms with Gasteiger partial charge in [-0.25, -0.2) is 4.79 Å². The predicted octanol–water partition coefficient (Wildman–Crippen LogP) is 5.02. The molecule has 29 heavy (non-hydrogen) atoms. The first-order valence-electron chi connectivity index (χ1n) is 9.86. The van der Waals surface area contributed by atoms with Gasteiger partial charge in [-0.05, 0) is 45.2 Å². The fraction of sp³-hybridized carbons (Fsp3) is 0.364. The molecular weight excluding hydrogens is 388 g/mol. The number of hydrogen-bond donors (Lipinski definition) is 2. The molecule has 1 unspecified atom stereocenters. The lowest BCUT2D eigenvalue weighted by molar-refractivity contribution is 0.0698.